The zero-order chi connectivity index (χ0) is 18.2. The SMILES string of the molecule is Cc1ccc(Cl)cc1NC(=O)CN1C(=O)N[C@]2(CCCC[C@H]2C)C1=O. The highest BCUT2D eigenvalue weighted by molar-refractivity contribution is 6.31. The summed E-state index contributed by atoms with van der Waals surface area (Å²) >= 11 is 5.95. The Bertz CT molecular complexity index is 736. The van der Waals surface area contributed by atoms with Gasteiger partial charge in [0.25, 0.3) is 5.91 Å². The number of imide groups is 1. The van der Waals surface area contributed by atoms with Crippen molar-refractivity contribution in [2.24, 2.45) is 5.92 Å². The number of nitrogens with one attached hydrogen (secondary N) is 2. The summed E-state index contributed by atoms with van der Waals surface area (Å²) in [6.07, 6.45) is 3.48. The van der Waals surface area contributed by atoms with Crippen molar-refractivity contribution in [1.29, 1.82) is 0 Å². The molecule has 1 heterocycles. The van der Waals surface area contributed by atoms with Crippen molar-refractivity contribution in [3.63, 3.8) is 0 Å². The van der Waals surface area contributed by atoms with E-state index >= 15 is 0 Å². The van der Waals surface area contributed by atoms with Crippen LogP contribution in [0.3, 0.4) is 0 Å². The number of carbonyl (C=O) groups excluding carboxylic acids is 3. The van der Waals surface area contributed by atoms with Gasteiger partial charge in [-0.05, 0) is 43.4 Å². The van der Waals surface area contributed by atoms with Crippen molar-refractivity contribution >= 4 is 35.1 Å². The van der Waals surface area contributed by atoms with Crippen LogP contribution in [0.1, 0.15) is 38.2 Å². The minimum Gasteiger partial charge on any atom is -0.324 e. The number of aryl methyl sites for hydroxylation is 1. The molecule has 1 spiro atoms. The summed E-state index contributed by atoms with van der Waals surface area (Å²) in [7, 11) is 0. The summed E-state index contributed by atoms with van der Waals surface area (Å²) < 4.78 is 0. The largest absolute Gasteiger partial charge is 0.325 e. The smallest absolute Gasteiger partial charge is 0.324 e. The van der Waals surface area contributed by atoms with Crippen LogP contribution in [0, 0.1) is 12.8 Å². The summed E-state index contributed by atoms with van der Waals surface area (Å²) in [6.45, 7) is 3.53. The van der Waals surface area contributed by atoms with Crippen LogP contribution in [0.2, 0.25) is 5.02 Å². The van der Waals surface area contributed by atoms with Gasteiger partial charge in [0.1, 0.15) is 12.1 Å². The molecule has 0 bridgehead atoms. The Labute approximate surface area is 151 Å². The topological polar surface area (TPSA) is 78.5 Å². The van der Waals surface area contributed by atoms with Gasteiger partial charge in [0.15, 0.2) is 0 Å². The van der Waals surface area contributed by atoms with Gasteiger partial charge in [0.05, 0.1) is 0 Å². The fourth-order valence-electron chi connectivity index (χ4n) is 3.70. The molecule has 1 aliphatic heterocycles. The minimum atomic E-state index is -0.846. The summed E-state index contributed by atoms with van der Waals surface area (Å²) in [5, 5.41) is 6.07. The zero-order valence-corrected chi connectivity index (χ0v) is 15.2. The first-order valence-electron chi connectivity index (χ1n) is 8.53. The Balaban J connectivity index is 1.72. The lowest BCUT2D eigenvalue weighted by atomic mass is 9.73. The number of hydrogen-bond acceptors (Lipinski definition) is 3. The molecule has 0 radical (unpaired) electrons. The highest BCUT2D eigenvalue weighted by atomic mass is 35.5. The summed E-state index contributed by atoms with van der Waals surface area (Å²) in [5.74, 6) is -0.641. The van der Waals surface area contributed by atoms with E-state index in [-0.39, 0.29) is 18.4 Å². The third-order valence-electron chi connectivity index (χ3n) is 5.28. The lowest BCUT2D eigenvalue weighted by Crippen LogP contribution is -2.54. The monoisotopic (exact) mass is 363 g/mol. The molecule has 1 aliphatic carbocycles. The lowest BCUT2D eigenvalue weighted by Gasteiger charge is -2.36. The highest BCUT2D eigenvalue weighted by Crippen LogP contribution is 2.38. The maximum absolute atomic E-state index is 12.9. The van der Waals surface area contributed by atoms with E-state index in [9.17, 15) is 14.4 Å². The van der Waals surface area contributed by atoms with E-state index in [1.54, 1.807) is 18.2 Å². The van der Waals surface area contributed by atoms with Crippen LogP contribution in [-0.2, 0) is 9.59 Å². The molecule has 2 fully saturated rings. The number of benzene rings is 1. The Morgan fingerprint density at radius 1 is 1.40 bits per heavy atom. The van der Waals surface area contributed by atoms with Gasteiger partial charge >= 0.3 is 6.03 Å². The van der Waals surface area contributed by atoms with E-state index in [2.05, 4.69) is 10.6 Å². The van der Waals surface area contributed by atoms with Gasteiger partial charge in [0, 0.05) is 10.7 Å². The summed E-state index contributed by atoms with van der Waals surface area (Å²) in [6, 6.07) is 4.69. The van der Waals surface area contributed by atoms with Gasteiger partial charge in [-0.3, -0.25) is 14.5 Å². The van der Waals surface area contributed by atoms with Gasteiger partial charge in [-0.15, -0.1) is 0 Å². The second kappa shape index (κ2) is 6.67. The van der Waals surface area contributed by atoms with E-state index in [4.69, 9.17) is 11.6 Å². The summed E-state index contributed by atoms with van der Waals surface area (Å²) in [4.78, 5) is 38.5. The van der Waals surface area contributed by atoms with Crippen molar-refractivity contribution in [1.82, 2.24) is 10.2 Å². The van der Waals surface area contributed by atoms with Crippen LogP contribution in [-0.4, -0.2) is 34.8 Å². The van der Waals surface area contributed by atoms with E-state index in [0.717, 1.165) is 29.7 Å². The molecule has 1 aromatic rings. The van der Waals surface area contributed by atoms with Gasteiger partial charge in [-0.2, -0.15) is 0 Å². The van der Waals surface area contributed by atoms with Gasteiger partial charge in [0.2, 0.25) is 5.91 Å². The molecule has 134 valence electrons. The number of hydrogen-bond donors (Lipinski definition) is 2. The van der Waals surface area contributed by atoms with Gasteiger partial charge in [-0.1, -0.05) is 37.4 Å². The first kappa shape index (κ1) is 17.7. The predicted octanol–water partition coefficient (Wildman–Crippen LogP) is 3.09. The van der Waals surface area contributed by atoms with Crippen molar-refractivity contribution in [2.45, 2.75) is 45.1 Å². The molecule has 3 rings (SSSR count). The number of urea groups is 1. The van der Waals surface area contributed by atoms with Crippen LogP contribution in [0.4, 0.5) is 10.5 Å². The molecule has 7 heteroatoms. The Morgan fingerprint density at radius 2 is 2.16 bits per heavy atom. The molecular formula is C18H22ClN3O3. The van der Waals surface area contributed by atoms with E-state index in [1.807, 2.05) is 13.8 Å². The Kier molecular flexibility index (Phi) is 4.73. The van der Waals surface area contributed by atoms with Crippen LogP contribution in [0.25, 0.3) is 0 Å². The number of halogens is 1. The molecule has 2 atom stereocenters. The predicted molar refractivity (Wildman–Crippen MR) is 95.4 cm³/mol. The molecule has 0 unspecified atom stereocenters. The molecule has 1 saturated carbocycles. The fraction of sp³-hybridized carbons (Fsp3) is 0.500. The number of amides is 4. The first-order valence-corrected chi connectivity index (χ1v) is 8.91. The molecular weight excluding hydrogens is 342 g/mol. The third kappa shape index (κ3) is 3.23. The molecule has 1 aromatic carbocycles. The van der Waals surface area contributed by atoms with E-state index in [0.29, 0.717) is 17.1 Å². The van der Waals surface area contributed by atoms with E-state index in [1.165, 1.54) is 0 Å². The van der Waals surface area contributed by atoms with Crippen molar-refractivity contribution in [2.75, 3.05) is 11.9 Å². The normalized spacial score (nSPS) is 26.0. The van der Waals surface area contributed by atoms with Crippen LogP contribution >= 0.6 is 11.6 Å². The first-order chi connectivity index (χ1) is 11.8. The Morgan fingerprint density at radius 3 is 2.88 bits per heavy atom. The second-order valence-electron chi connectivity index (χ2n) is 6.95. The highest BCUT2D eigenvalue weighted by Gasteiger charge is 2.55. The standard InChI is InChI=1S/C18H22ClN3O3/c1-11-6-7-13(19)9-14(11)20-15(23)10-22-16(24)18(21-17(22)25)8-4-3-5-12(18)2/h6-7,9,12H,3-5,8,10H2,1-2H3,(H,20,23)(H,21,25)/t12-,18+/m1/s1. The molecule has 2 aliphatic rings. The third-order valence-corrected chi connectivity index (χ3v) is 5.51. The van der Waals surface area contributed by atoms with Crippen molar-refractivity contribution < 1.29 is 14.4 Å². The number of carbonyl (C=O) groups is 3. The van der Waals surface area contributed by atoms with Gasteiger partial charge in [-0.25, -0.2) is 4.79 Å². The number of anilines is 1. The quantitative estimate of drug-likeness (QED) is 0.810. The average Bonchev–Trinajstić information content (AvgIpc) is 2.79. The van der Waals surface area contributed by atoms with Crippen molar-refractivity contribution in [3.8, 4) is 0 Å². The average molecular weight is 364 g/mol. The number of rotatable bonds is 3. The lowest BCUT2D eigenvalue weighted by molar-refractivity contribution is -0.136. The van der Waals surface area contributed by atoms with Crippen LogP contribution in [0.5, 0.6) is 0 Å². The molecule has 25 heavy (non-hydrogen) atoms. The number of nitrogens with zero attached hydrogens (tertiary/aromatic N) is 1. The van der Waals surface area contributed by atoms with Crippen molar-refractivity contribution in [3.05, 3.63) is 28.8 Å². The molecule has 4 amide bonds. The van der Waals surface area contributed by atoms with Gasteiger partial charge < -0.3 is 10.6 Å². The Hall–Kier alpha value is -2.08. The maximum atomic E-state index is 12.9. The minimum absolute atomic E-state index is 0.0703. The van der Waals surface area contributed by atoms with Crippen LogP contribution < -0.4 is 10.6 Å². The maximum Gasteiger partial charge on any atom is 0.325 e. The van der Waals surface area contributed by atoms with Crippen LogP contribution in [0.15, 0.2) is 18.2 Å². The second-order valence-corrected chi connectivity index (χ2v) is 7.38. The van der Waals surface area contributed by atoms with E-state index < -0.39 is 17.5 Å². The fourth-order valence-corrected chi connectivity index (χ4v) is 3.87. The zero-order valence-electron chi connectivity index (χ0n) is 14.4. The molecule has 0 aromatic heterocycles. The summed E-state index contributed by atoms with van der Waals surface area (Å²) in [5.41, 5.74) is 0.583. The molecule has 2 N–H and O–H groups in total. The molecule has 6 nitrogen and oxygen atoms in total. The molecule has 1 saturated heterocycles.